The lowest BCUT2D eigenvalue weighted by molar-refractivity contribution is -0.136. The number of ether oxygens (including phenoxy) is 1. The molecule has 6 heteroatoms. The Kier molecular flexibility index (Phi) is 5.65. The Hall–Kier alpha value is -2.47. The van der Waals surface area contributed by atoms with Gasteiger partial charge in [0.25, 0.3) is 0 Å². The Morgan fingerprint density at radius 3 is 2.35 bits per heavy atom. The second-order valence-electron chi connectivity index (χ2n) is 5.00. The summed E-state index contributed by atoms with van der Waals surface area (Å²) in [6, 6.07) is 13.6. The standard InChI is InChI=1S/C17H16O5S/c18-16(19)13-3-1-2-12(8-13)10-22-14-6-4-11(5-7-14)9-15(23)17(20)21/h1-8,15,23H,9-10H2,(H,18,19)(H,20,21). The highest BCUT2D eigenvalue weighted by Crippen LogP contribution is 2.17. The topological polar surface area (TPSA) is 83.8 Å². The van der Waals surface area contributed by atoms with Crippen LogP contribution in [0.4, 0.5) is 0 Å². The van der Waals surface area contributed by atoms with Gasteiger partial charge >= 0.3 is 11.9 Å². The van der Waals surface area contributed by atoms with Crippen LogP contribution in [0.25, 0.3) is 0 Å². The summed E-state index contributed by atoms with van der Waals surface area (Å²) >= 11 is 4.00. The van der Waals surface area contributed by atoms with E-state index in [1.807, 2.05) is 0 Å². The lowest BCUT2D eigenvalue weighted by Crippen LogP contribution is -2.15. The van der Waals surface area contributed by atoms with E-state index in [1.54, 1.807) is 42.5 Å². The van der Waals surface area contributed by atoms with Gasteiger partial charge < -0.3 is 14.9 Å². The number of carbonyl (C=O) groups is 2. The number of benzene rings is 2. The van der Waals surface area contributed by atoms with E-state index in [0.29, 0.717) is 12.2 Å². The number of rotatable bonds is 7. The molecule has 0 saturated heterocycles. The Labute approximate surface area is 138 Å². The zero-order valence-corrected chi connectivity index (χ0v) is 13.1. The van der Waals surface area contributed by atoms with Gasteiger partial charge in [-0.05, 0) is 41.8 Å². The summed E-state index contributed by atoms with van der Waals surface area (Å²) < 4.78 is 5.61. The second kappa shape index (κ2) is 7.69. The molecule has 1 unspecified atom stereocenters. The Bertz CT molecular complexity index is 696. The van der Waals surface area contributed by atoms with E-state index in [0.717, 1.165) is 11.1 Å². The molecule has 0 aliphatic rings. The van der Waals surface area contributed by atoms with Crippen LogP contribution in [0.2, 0.25) is 0 Å². The summed E-state index contributed by atoms with van der Waals surface area (Å²) in [5.41, 5.74) is 1.83. The Balaban J connectivity index is 1.95. The van der Waals surface area contributed by atoms with Crippen molar-refractivity contribution in [1.29, 1.82) is 0 Å². The van der Waals surface area contributed by atoms with Crippen molar-refractivity contribution >= 4 is 24.6 Å². The number of aromatic carboxylic acids is 1. The van der Waals surface area contributed by atoms with Crippen molar-refractivity contribution in [1.82, 2.24) is 0 Å². The molecule has 0 aromatic heterocycles. The van der Waals surface area contributed by atoms with Crippen molar-refractivity contribution in [3.8, 4) is 5.75 Å². The van der Waals surface area contributed by atoms with Gasteiger partial charge in [-0.25, -0.2) is 4.79 Å². The van der Waals surface area contributed by atoms with Crippen LogP contribution in [0.15, 0.2) is 48.5 Å². The van der Waals surface area contributed by atoms with Gasteiger partial charge in [-0.2, -0.15) is 12.6 Å². The minimum absolute atomic E-state index is 0.218. The van der Waals surface area contributed by atoms with Crippen LogP contribution in [0.3, 0.4) is 0 Å². The van der Waals surface area contributed by atoms with Gasteiger partial charge in [0, 0.05) is 0 Å². The minimum Gasteiger partial charge on any atom is -0.489 e. The highest BCUT2D eigenvalue weighted by molar-refractivity contribution is 7.81. The molecule has 0 amide bonds. The highest BCUT2D eigenvalue weighted by Gasteiger charge is 2.12. The molecule has 5 nitrogen and oxygen atoms in total. The van der Waals surface area contributed by atoms with Gasteiger partial charge in [0.1, 0.15) is 17.6 Å². The summed E-state index contributed by atoms with van der Waals surface area (Å²) in [4.78, 5) is 21.7. The SMILES string of the molecule is O=C(O)c1cccc(COc2ccc(CC(S)C(=O)O)cc2)c1. The first-order chi connectivity index (χ1) is 11.0. The number of carboxylic acid groups (broad SMARTS) is 2. The molecule has 0 heterocycles. The molecular weight excluding hydrogens is 316 g/mol. The van der Waals surface area contributed by atoms with Crippen LogP contribution in [0.5, 0.6) is 5.75 Å². The Morgan fingerprint density at radius 2 is 1.74 bits per heavy atom. The van der Waals surface area contributed by atoms with E-state index in [4.69, 9.17) is 14.9 Å². The fraction of sp³-hybridized carbons (Fsp3) is 0.176. The maximum absolute atomic E-state index is 10.9. The summed E-state index contributed by atoms with van der Waals surface area (Å²) in [5.74, 6) is -1.30. The fourth-order valence-corrected chi connectivity index (χ4v) is 2.20. The smallest absolute Gasteiger partial charge is 0.335 e. The third-order valence-electron chi connectivity index (χ3n) is 3.22. The van der Waals surface area contributed by atoms with Crippen molar-refractivity contribution in [3.63, 3.8) is 0 Å². The summed E-state index contributed by atoms with van der Waals surface area (Å²) in [5, 5.41) is 17.0. The molecule has 120 valence electrons. The van der Waals surface area contributed by atoms with Crippen molar-refractivity contribution in [3.05, 3.63) is 65.2 Å². The summed E-state index contributed by atoms with van der Waals surface area (Å²) in [6.45, 7) is 0.255. The second-order valence-corrected chi connectivity index (χ2v) is 5.62. The fourth-order valence-electron chi connectivity index (χ4n) is 1.99. The third-order valence-corrected chi connectivity index (χ3v) is 3.62. The lowest BCUT2D eigenvalue weighted by atomic mass is 10.1. The number of aliphatic carboxylic acids is 1. The predicted octanol–water partition coefficient (Wildman–Crippen LogP) is 2.89. The van der Waals surface area contributed by atoms with Crippen molar-refractivity contribution < 1.29 is 24.5 Å². The molecule has 1 atom stereocenters. The Morgan fingerprint density at radius 1 is 1.04 bits per heavy atom. The van der Waals surface area contributed by atoms with E-state index in [2.05, 4.69) is 12.6 Å². The molecule has 0 bridgehead atoms. The molecule has 0 spiro atoms. The molecule has 2 N–H and O–H groups in total. The zero-order valence-electron chi connectivity index (χ0n) is 12.2. The molecule has 0 aliphatic carbocycles. The quantitative estimate of drug-likeness (QED) is 0.679. The highest BCUT2D eigenvalue weighted by atomic mass is 32.1. The lowest BCUT2D eigenvalue weighted by Gasteiger charge is -2.09. The molecule has 0 aliphatic heterocycles. The van der Waals surface area contributed by atoms with E-state index in [-0.39, 0.29) is 12.2 Å². The first kappa shape index (κ1) is 16.9. The van der Waals surface area contributed by atoms with Crippen LogP contribution in [-0.4, -0.2) is 27.4 Å². The number of thiol groups is 1. The van der Waals surface area contributed by atoms with Gasteiger partial charge in [0.2, 0.25) is 0 Å². The molecular formula is C17H16O5S. The summed E-state index contributed by atoms with van der Waals surface area (Å²) in [6.07, 6.45) is 0.333. The number of hydrogen-bond donors (Lipinski definition) is 3. The maximum Gasteiger partial charge on any atom is 0.335 e. The van der Waals surface area contributed by atoms with E-state index >= 15 is 0 Å². The van der Waals surface area contributed by atoms with E-state index in [1.165, 1.54) is 6.07 Å². The number of carboxylic acids is 2. The van der Waals surface area contributed by atoms with E-state index < -0.39 is 17.2 Å². The number of hydrogen-bond acceptors (Lipinski definition) is 4. The third kappa shape index (κ3) is 5.03. The van der Waals surface area contributed by atoms with Crippen LogP contribution >= 0.6 is 12.6 Å². The average Bonchev–Trinajstić information content (AvgIpc) is 2.54. The monoisotopic (exact) mass is 332 g/mol. The molecule has 2 aromatic rings. The van der Waals surface area contributed by atoms with Gasteiger partial charge in [0.05, 0.1) is 5.56 Å². The largest absolute Gasteiger partial charge is 0.489 e. The maximum atomic E-state index is 10.9. The molecule has 23 heavy (non-hydrogen) atoms. The molecule has 0 saturated carbocycles. The normalized spacial score (nSPS) is 11.7. The van der Waals surface area contributed by atoms with Crippen LogP contribution in [0, 0.1) is 0 Å². The van der Waals surface area contributed by atoms with Gasteiger partial charge in [-0.1, -0.05) is 24.3 Å². The first-order valence-corrected chi connectivity index (χ1v) is 7.42. The van der Waals surface area contributed by atoms with Crippen LogP contribution < -0.4 is 4.74 Å². The predicted molar refractivity (Wildman–Crippen MR) is 88.3 cm³/mol. The summed E-state index contributed by atoms with van der Waals surface area (Å²) in [7, 11) is 0. The first-order valence-electron chi connectivity index (χ1n) is 6.90. The van der Waals surface area contributed by atoms with Gasteiger partial charge in [-0.3, -0.25) is 4.79 Å². The van der Waals surface area contributed by atoms with Crippen molar-refractivity contribution in [2.24, 2.45) is 0 Å². The molecule has 2 rings (SSSR count). The van der Waals surface area contributed by atoms with Gasteiger partial charge in [-0.15, -0.1) is 0 Å². The van der Waals surface area contributed by atoms with Crippen LogP contribution in [0.1, 0.15) is 21.5 Å². The van der Waals surface area contributed by atoms with Gasteiger partial charge in [0.15, 0.2) is 0 Å². The van der Waals surface area contributed by atoms with Crippen LogP contribution in [-0.2, 0) is 17.8 Å². The minimum atomic E-state index is -0.976. The molecule has 0 fully saturated rings. The average molecular weight is 332 g/mol. The van der Waals surface area contributed by atoms with Crippen molar-refractivity contribution in [2.75, 3.05) is 0 Å². The zero-order chi connectivity index (χ0) is 16.8. The van der Waals surface area contributed by atoms with Crippen molar-refractivity contribution in [2.45, 2.75) is 18.3 Å². The molecule has 0 radical (unpaired) electrons. The van der Waals surface area contributed by atoms with E-state index in [9.17, 15) is 9.59 Å². The molecule has 2 aromatic carbocycles.